The largest absolute Gasteiger partial charge is 0.493 e. The standard InChI is InChI=1S/C19H27NO/c1-13-2-3-16(12-20-17-5-6-17)18(10-13)14-4-7-19-15(11-14)8-9-21-19/h4,7,11,13,16-18,20H,2-3,5-6,8-10,12H2,1H3. The Morgan fingerprint density at radius 3 is 2.95 bits per heavy atom. The van der Waals surface area contributed by atoms with Gasteiger partial charge in [0, 0.05) is 12.5 Å². The Hall–Kier alpha value is -1.02. The highest BCUT2D eigenvalue weighted by Gasteiger charge is 2.32. The quantitative estimate of drug-likeness (QED) is 0.906. The highest BCUT2D eigenvalue weighted by molar-refractivity contribution is 5.41. The Bertz CT molecular complexity index is 508. The molecule has 3 atom stereocenters. The Kier molecular flexibility index (Phi) is 3.66. The lowest BCUT2D eigenvalue weighted by molar-refractivity contribution is 0.241. The third kappa shape index (κ3) is 2.96. The average Bonchev–Trinajstić information content (AvgIpc) is 3.21. The number of hydrogen-bond acceptors (Lipinski definition) is 2. The van der Waals surface area contributed by atoms with E-state index < -0.39 is 0 Å². The molecule has 1 aromatic rings. The van der Waals surface area contributed by atoms with Crippen LogP contribution in [-0.2, 0) is 6.42 Å². The zero-order valence-corrected chi connectivity index (χ0v) is 13.1. The summed E-state index contributed by atoms with van der Waals surface area (Å²) >= 11 is 0. The van der Waals surface area contributed by atoms with Gasteiger partial charge in [0.05, 0.1) is 6.61 Å². The summed E-state index contributed by atoms with van der Waals surface area (Å²) in [6.07, 6.45) is 8.03. The van der Waals surface area contributed by atoms with Crippen molar-refractivity contribution in [2.45, 2.75) is 57.4 Å². The summed E-state index contributed by atoms with van der Waals surface area (Å²) < 4.78 is 5.66. The second kappa shape index (κ2) is 5.64. The van der Waals surface area contributed by atoms with Crippen LogP contribution in [0, 0.1) is 11.8 Å². The number of rotatable bonds is 4. The van der Waals surface area contributed by atoms with Crippen LogP contribution in [0.3, 0.4) is 0 Å². The molecule has 21 heavy (non-hydrogen) atoms. The first-order valence-electron chi connectivity index (χ1n) is 8.78. The number of fused-ring (bicyclic) bond motifs is 1. The van der Waals surface area contributed by atoms with Gasteiger partial charge in [-0.1, -0.05) is 25.5 Å². The molecule has 0 aromatic heterocycles. The maximum Gasteiger partial charge on any atom is 0.122 e. The minimum absolute atomic E-state index is 0.742. The van der Waals surface area contributed by atoms with Crippen molar-refractivity contribution in [3.8, 4) is 5.75 Å². The van der Waals surface area contributed by atoms with Gasteiger partial charge in [-0.25, -0.2) is 0 Å². The minimum atomic E-state index is 0.742. The average molecular weight is 285 g/mol. The summed E-state index contributed by atoms with van der Waals surface area (Å²) in [5.41, 5.74) is 2.99. The lowest BCUT2D eigenvalue weighted by atomic mass is 9.71. The van der Waals surface area contributed by atoms with Gasteiger partial charge in [0.15, 0.2) is 0 Å². The van der Waals surface area contributed by atoms with Crippen LogP contribution in [0.4, 0.5) is 0 Å². The van der Waals surface area contributed by atoms with Gasteiger partial charge in [-0.05, 0) is 67.2 Å². The number of benzene rings is 1. The molecule has 2 saturated carbocycles. The Labute approximate surface area is 128 Å². The van der Waals surface area contributed by atoms with Crippen LogP contribution >= 0.6 is 0 Å². The first-order valence-corrected chi connectivity index (χ1v) is 8.78. The first kappa shape index (κ1) is 13.6. The predicted molar refractivity (Wildman–Crippen MR) is 85.9 cm³/mol. The van der Waals surface area contributed by atoms with Gasteiger partial charge in [-0.15, -0.1) is 0 Å². The topological polar surface area (TPSA) is 21.3 Å². The summed E-state index contributed by atoms with van der Waals surface area (Å²) in [5.74, 6) is 3.56. The summed E-state index contributed by atoms with van der Waals surface area (Å²) in [5, 5.41) is 3.77. The summed E-state index contributed by atoms with van der Waals surface area (Å²) in [7, 11) is 0. The fraction of sp³-hybridized carbons (Fsp3) is 0.684. The van der Waals surface area contributed by atoms with E-state index in [0.29, 0.717) is 0 Å². The van der Waals surface area contributed by atoms with E-state index >= 15 is 0 Å². The van der Waals surface area contributed by atoms with Crippen LogP contribution in [0.1, 0.15) is 56.1 Å². The predicted octanol–water partition coefficient (Wildman–Crippen LogP) is 3.89. The van der Waals surface area contributed by atoms with Crippen LogP contribution in [0.15, 0.2) is 18.2 Å². The number of ether oxygens (including phenoxy) is 1. The van der Waals surface area contributed by atoms with Crippen LogP contribution < -0.4 is 10.1 Å². The zero-order valence-electron chi connectivity index (χ0n) is 13.1. The molecule has 0 radical (unpaired) electrons. The van der Waals surface area contributed by atoms with Gasteiger partial charge < -0.3 is 10.1 Å². The van der Waals surface area contributed by atoms with E-state index in [-0.39, 0.29) is 0 Å². The molecule has 2 heteroatoms. The molecule has 2 nitrogen and oxygen atoms in total. The van der Waals surface area contributed by atoms with E-state index in [0.717, 1.165) is 42.6 Å². The van der Waals surface area contributed by atoms with Crippen molar-refractivity contribution in [3.05, 3.63) is 29.3 Å². The maximum absolute atomic E-state index is 5.66. The minimum Gasteiger partial charge on any atom is -0.493 e. The molecule has 0 amide bonds. The van der Waals surface area contributed by atoms with Gasteiger partial charge in [0.2, 0.25) is 0 Å². The summed E-state index contributed by atoms with van der Waals surface area (Å²) in [4.78, 5) is 0. The van der Waals surface area contributed by atoms with E-state index in [1.165, 1.54) is 44.2 Å². The second-order valence-electron chi connectivity index (χ2n) is 7.43. The van der Waals surface area contributed by atoms with Gasteiger partial charge in [-0.2, -0.15) is 0 Å². The molecule has 1 heterocycles. The van der Waals surface area contributed by atoms with Crippen molar-refractivity contribution in [2.24, 2.45) is 11.8 Å². The van der Waals surface area contributed by atoms with Crippen molar-refractivity contribution in [1.82, 2.24) is 5.32 Å². The Morgan fingerprint density at radius 2 is 2.10 bits per heavy atom. The van der Waals surface area contributed by atoms with E-state index in [1.807, 2.05) is 0 Å². The third-order valence-corrected chi connectivity index (χ3v) is 5.64. The molecule has 0 saturated heterocycles. The van der Waals surface area contributed by atoms with Crippen LogP contribution in [0.25, 0.3) is 0 Å². The fourth-order valence-corrected chi connectivity index (χ4v) is 4.14. The number of nitrogens with one attached hydrogen (secondary N) is 1. The van der Waals surface area contributed by atoms with Crippen molar-refractivity contribution < 1.29 is 4.74 Å². The molecule has 0 spiro atoms. The fourth-order valence-electron chi connectivity index (χ4n) is 4.14. The lowest BCUT2D eigenvalue weighted by Crippen LogP contribution is -2.32. The Morgan fingerprint density at radius 1 is 1.19 bits per heavy atom. The summed E-state index contributed by atoms with van der Waals surface area (Å²) in [6, 6.07) is 7.81. The highest BCUT2D eigenvalue weighted by atomic mass is 16.5. The van der Waals surface area contributed by atoms with E-state index in [1.54, 1.807) is 5.56 Å². The molecule has 1 aromatic carbocycles. The van der Waals surface area contributed by atoms with E-state index in [9.17, 15) is 0 Å². The molecule has 2 fully saturated rings. The van der Waals surface area contributed by atoms with Crippen LogP contribution in [-0.4, -0.2) is 19.2 Å². The van der Waals surface area contributed by atoms with Gasteiger partial charge in [-0.3, -0.25) is 0 Å². The van der Waals surface area contributed by atoms with Gasteiger partial charge >= 0.3 is 0 Å². The van der Waals surface area contributed by atoms with Crippen LogP contribution in [0.2, 0.25) is 0 Å². The van der Waals surface area contributed by atoms with E-state index in [4.69, 9.17) is 4.74 Å². The summed E-state index contributed by atoms with van der Waals surface area (Å²) in [6.45, 7) is 4.51. The SMILES string of the molecule is CC1CCC(CNC2CC2)C(c2ccc3c(c2)CCO3)C1. The lowest BCUT2D eigenvalue weighted by Gasteiger charge is -2.35. The molecule has 4 rings (SSSR count). The number of hydrogen-bond donors (Lipinski definition) is 1. The van der Waals surface area contributed by atoms with Crippen molar-refractivity contribution in [3.63, 3.8) is 0 Å². The van der Waals surface area contributed by atoms with Crippen molar-refractivity contribution in [1.29, 1.82) is 0 Å². The molecule has 2 aliphatic carbocycles. The van der Waals surface area contributed by atoms with Gasteiger partial charge in [0.25, 0.3) is 0 Å². The van der Waals surface area contributed by atoms with E-state index in [2.05, 4.69) is 30.4 Å². The van der Waals surface area contributed by atoms with Crippen molar-refractivity contribution in [2.75, 3.05) is 13.2 Å². The monoisotopic (exact) mass is 285 g/mol. The normalized spacial score (nSPS) is 31.8. The second-order valence-corrected chi connectivity index (χ2v) is 7.43. The molecule has 1 aliphatic heterocycles. The highest BCUT2D eigenvalue weighted by Crippen LogP contribution is 2.42. The molecule has 3 unspecified atom stereocenters. The van der Waals surface area contributed by atoms with Crippen molar-refractivity contribution >= 4 is 0 Å². The third-order valence-electron chi connectivity index (χ3n) is 5.64. The molecular formula is C19H27NO. The smallest absolute Gasteiger partial charge is 0.122 e. The molecule has 0 bridgehead atoms. The zero-order chi connectivity index (χ0) is 14.2. The van der Waals surface area contributed by atoms with Crippen LogP contribution in [0.5, 0.6) is 5.75 Å². The molecular weight excluding hydrogens is 258 g/mol. The molecule has 1 N–H and O–H groups in total. The Balaban J connectivity index is 1.53. The molecule has 3 aliphatic rings. The molecule has 114 valence electrons. The maximum atomic E-state index is 5.66. The van der Waals surface area contributed by atoms with Gasteiger partial charge in [0.1, 0.15) is 5.75 Å². The first-order chi connectivity index (χ1) is 10.3.